The van der Waals surface area contributed by atoms with E-state index in [0.717, 1.165) is 20.8 Å². The molecule has 6 rings (SSSR count). The van der Waals surface area contributed by atoms with Gasteiger partial charge in [-0.2, -0.15) is 0 Å². The molecule has 6 aliphatic rings. The molecule has 0 spiro atoms. The van der Waals surface area contributed by atoms with E-state index in [0.29, 0.717) is 0 Å². The lowest BCUT2D eigenvalue weighted by Crippen LogP contribution is -2.71. The van der Waals surface area contributed by atoms with Crippen molar-refractivity contribution in [1.82, 2.24) is 16.0 Å². The van der Waals surface area contributed by atoms with E-state index in [-0.39, 0.29) is 0 Å². The summed E-state index contributed by atoms with van der Waals surface area (Å²) < 4.78 is 61.2. The summed E-state index contributed by atoms with van der Waals surface area (Å²) >= 11 is 0. The fraction of sp³-hybridized carbons (Fsp3) is 0.857. The zero-order chi connectivity index (χ0) is 58.8. The summed E-state index contributed by atoms with van der Waals surface area (Å²) in [6.07, 6.45) is -58.7. The third-order valence-electron chi connectivity index (χ3n) is 13.5. The van der Waals surface area contributed by atoms with E-state index in [4.69, 9.17) is 52.1 Å². The Morgan fingerprint density at radius 1 is 0.342 bits per heavy atom. The van der Waals surface area contributed by atoms with E-state index in [9.17, 15) is 116 Å². The van der Waals surface area contributed by atoms with Crippen LogP contribution < -0.4 is 16.0 Å². The first-order valence-corrected chi connectivity index (χ1v) is 24.1. The number of ether oxygens (including phenoxy) is 11. The molecule has 0 aliphatic carbocycles. The van der Waals surface area contributed by atoms with Gasteiger partial charge in [-0.1, -0.05) is 0 Å². The Hall–Kier alpha value is -4.18. The van der Waals surface area contributed by atoms with Crippen LogP contribution in [0.1, 0.15) is 20.8 Å². The van der Waals surface area contributed by atoms with Crippen LogP contribution in [0.3, 0.4) is 0 Å². The SMILES string of the molecule is CC(=O)N[C@@H]1[C@@H](O)[C@H](O[C@H]2O[C@@H](C(=O)O)[C@@H](O)[C@H](O[C@H]3O[C@H](CO)[C@@H](O[C@H]4O[C@@H](C(=O)O)[C@@H](O)[C@H](O[C@H]5O[C@H](CO)[C@@H](O[C@H]6O[C@@H](C(=O)O)[C@@H](O)[C@H](O)[C@H]6O)[C@H](O)[C@H]5NC(C)=O)[C@H]4O)[C@H](O)[C@H]3NC(C)=O)[C@H]2O)[C@@H](CO)O[C@@H]1O. The lowest BCUT2D eigenvalue weighted by atomic mass is 9.93. The molecular weight excluding hydrogens is 1090 g/mol. The fourth-order valence-electron chi connectivity index (χ4n) is 9.68. The predicted molar refractivity (Wildman–Crippen MR) is 236 cm³/mol. The molecule has 79 heavy (non-hydrogen) atoms. The molecule has 0 aromatic rings. The third-order valence-corrected chi connectivity index (χ3v) is 13.5. The van der Waals surface area contributed by atoms with Crippen LogP contribution in [-0.4, -0.2) is 326 Å². The molecule has 0 aromatic carbocycles. The Morgan fingerprint density at radius 2 is 0.633 bits per heavy atom. The Morgan fingerprint density at radius 3 is 0.962 bits per heavy atom. The molecular formula is C42H65N3O34. The second-order valence-electron chi connectivity index (χ2n) is 19.1. The van der Waals surface area contributed by atoms with E-state index in [2.05, 4.69) is 16.0 Å². The standard InChI is InChI=1S/C42H65N3O34/c1-7(49)43-13-16(52)26(10(4-46)69-37(13)68)73-41-24(60)29(22(58)32(78-41)35(64)65)75-39-15(45-9(3)51)18(54)28(12(6-48)71-39)74-42-25(61)30(23(59)33(79-42)36(66)67)76-38-14(44-8(2)50)17(53)27(11(5-47)70-38)72-40-21(57)19(55)20(56)31(77-40)34(62)63/h10-33,37-42,46-48,52-61,68H,4-6H2,1-3H3,(H,43,49)(H,44,50)(H,45,51)(H,62,63)(H,64,65)(H,66,67)/t10-,11-,12-,13-,14-,15-,16-,17-,18-,19+,20+,21-,22+,23+,24-,25-,26-,27-,28-,29+,30+,31-,32-,33-,37+,38-,39-,40+,41+,42+/m1/s1. The van der Waals surface area contributed by atoms with Crippen molar-refractivity contribution >= 4 is 35.6 Å². The highest BCUT2D eigenvalue weighted by molar-refractivity contribution is 5.75. The van der Waals surface area contributed by atoms with Gasteiger partial charge in [-0.3, -0.25) is 14.4 Å². The van der Waals surface area contributed by atoms with Crippen molar-refractivity contribution in [3.63, 3.8) is 0 Å². The first-order chi connectivity index (χ1) is 37.1. The number of carbonyl (C=O) groups is 6. The van der Waals surface area contributed by atoms with Crippen molar-refractivity contribution in [3.8, 4) is 0 Å². The maximum atomic E-state index is 12.6. The zero-order valence-corrected chi connectivity index (χ0v) is 41.5. The van der Waals surface area contributed by atoms with E-state index in [1.165, 1.54) is 0 Å². The lowest BCUT2D eigenvalue weighted by molar-refractivity contribution is -0.381. The Kier molecular flexibility index (Phi) is 21.7. The maximum absolute atomic E-state index is 12.6. The van der Waals surface area contributed by atoms with Gasteiger partial charge in [0, 0.05) is 20.8 Å². The molecule has 0 radical (unpaired) electrons. The molecule has 452 valence electrons. The van der Waals surface area contributed by atoms with Crippen LogP contribution in [0.5, 0.6) is 0 Å². The predicted octanol–water partition coefficient (Wildman–Crippen LogP) is -13.4. The average Bonchev–Trinajstić information content (AvgIpc) is 3.51. The number of rotatable bonds is 19. The quantitative estimate of drug-likeness (QED) is 0.0571. The molecule has 0 bridgehead atoms. The summed E-state index contributed by atoms with van der Waals surface area (Å²) in [4.78, 5) is 73.6. The van der Waals surface area contributed by atoms with Gasteiger partial charge in [0.2, 0.25) is 17.7 Å². The lowest BCUT2D eigenvalue weighted by Gasteiger charge is -2.50. The van der Waals surface area contributed by atoms with Crippen molar-refractivity contribution in [3.05, 3.63) is 0 Å². The maximum Gasteiger partial charge on any atom is 0.335 e. The Labute approximate surface area is 443 Å². The number of carboxylic acid groups (broad SMARTS) is 3. The molecule has 37 nitrogen and oxygen atoms in total. The van der Waals surface area contributed by atoms with Crippen LogP contribution in [0.25, 0.3) is 0 Å². The van der Waals surface area contributed by atoms with E-state index in [1.807, 2.05) is 0 Å². The van der Waals surface area contributed by atoms with Gasteiger partial charge in [0.05, 0.1) is 19.8 Å². The number of carboxylic acids is 3. The smallest absolute Gasteiger partial charge is 0.335 e. The van der Waals surface area contributed by atoms with Crippen LogP contribution in [0.2, 0.25) is 0 Å². The van der Waals surface area contributed by atoms with Gasteiger partial charge in [-0.05, 0) is 0 Å². The third kappa shape index (κ3) is 13.8. The highest BCUT2D eigenvalue weighted by Gasteiger charge is 2.60. The molecule has 6 saturated heterocycles. The molecule has 37 heteroatoms. The molecule has 6 heterocycles. The van der Waals surface area contributed by atoms with Gasteiger partial charge < -0.3 is 155 Å². The van der Waals surface area contributed by atoms with Gasteiger partial charge in [0.15, 0.2) is 56.1 Å². The fourth-order valence-corrected chi connectivity index (χ4v) is 9.68. The minimum absolute atomic E-state index is 0.779. The van der Waals surface area contributed by atoms with Crippen LogP contribution in [-0.2, 0) is 80.9 Å². The second kappa shape index (κ2) is 26.8. The van der Waals surface area contributed by atoms with Gasteiger partial charge in [-0.25, -0.2) is 14.4 Å². The van der Waals surface area contributed by atoms with E-state index >= 15 is 0 Å². The monoisotopic (exact) mass is 1160 g/mol. The summed E-state index contributed by atoms with van der Waals surface area (Å²) in [5.74, 6) is -8.40. The summed E-state index contributed by atoms with van der Waals surface area (Å²) in [5.41, 5.74) is 0. The second-order valence-corrected chi connectivity index (χ2v) is 19.1. The van der Waals surface area contributed by atoms with Gasteiger partial charge >= 0.3 is 17.9 Å². The minimum Gasteiger partial charge on any atom is -0.479 e. The highest BCUT2D eigenvalue weighted by Crippen LogP contribution is 2.37. The average molecular weight is 1160 g/mol. The number of aliphatic hydroxyl groups excluding tert-OH is 14. The summed E-state index contributed by atoms with van der Waals surface area (Å²) in [6.45, 7) is -0.515. The van der Waals surface area contributed by atoms with Crippen LogP contribution in [0.4, 0.5) is 0 Å². The highest BCUT2D eigenvalue weighted by atomic mass is 16.8. The number of aliphatic carboxylic acids is 3. The van der Waals surface area contributed by atoms with Crippen LogP contribution in [0.15, 0.2) is 0 Å². The Balaban J connectivity index is 1.24. The molecule has 20 N–H and O–H groups in total. The van der Waals surface area contributed by atoms with E-state index < -0.39 is 239 Å². The number of carbonyl (C=O) groups excluding carboxylic acids is 3. The van der Waals surface area contributed by atoms with Crippen molar-refractivity contribution < 1.29 is 168 Å². The number of hydrogen-bond acceptors (Lipinski definition) is 31. The molecule has 0 unspecified atom stereocenters. The van der Waals surface area contributed by atoms with Crippen molar-refractivity contribution in [2.45, 2.75) is 205 Å². The van der Waals surface area contributed by atoms with Crippen LogP contribution >= 0.6 is 0 Å². The molecule has 0 aromatic heterocycles. The zero-order valence-electron chi connectivity index (χ0n) is 41.5. The normalized spacial score (nSPS) is 46.6. The van der Waals surface area contributed by atoms with Crippen molar-refractivity contribution in [2.24, 2.45) is 0 Å². The summed E-state index contributed by atoms with van der Waals surface area (Å²) in [7, 11) is 0. The number of hydrogen-bond donors (Lipinski definition) is 20. The molecule has 30 atom stereocenters. The Bertz CT molecular complexity index is 2120. The van der Waals surface area contributed by atoms with Gasteiger partial charge in [0.1, 0.15) is 128 Å². The largest absolute Gasteiger partial charge is 0.479 e. The van der Waals surface area contributed by atoms with Gasteiger partial charge in [0.25, 0.3) is 0 Å². The first-order valence-electron chi connectivity index (χ1n) is 24.1. The van der Waals surface area contributed by atoms with Crippen molar-refractivity contribution in [2.75, 3.05) is 19.8 Å². The van der Waals surface area contributed by atoms with E-state index in [1.54, 1.807) is 0 Å². The first kappa shape index (κ1) is 64.0. The molecule has 6 aliphatic heterocycles. The molecule has 3 amide bonds. The molecule has 0 saturated carbocycles. The molecule has 6 fully saturated rings. The topological polar surface area (TPSA) is 584 Å². The van der Waals surface area contributed by atoms with Crippen LogP contribution in [0, 0.1) is 0 Å². The number of aliphatic hydroxyl groups is 14. The summed E-state index contributed by atoms with van der Waals surface area (Å²) in [6, 6.07) is -5.55. The summed E-state index contributed by atoms with van der Waals surface area (Å²) in [5, 5.41) is 189. The van der Waals surface area contributed by atoms with Gasteiger partial charge in [-0.15, -0.1) is 0 Å². The number of amides is 3. The van der Waals surface area contributed by atoms with Crippen molar-refractivity contribution in [1.29, 1.82) is 0 Å². The number of nitrogens with one attached hydrogen (secondary N) is 3. The minimum atomic E-state index is -2.45.